The van der Waals surface area contributed by atoms with Crippen LogP contribution in [0.25, 0.3) is 0 Å². The molecule has 6 nitrogen and oxygen atoms in total. The Labute approximate surface area is 460 Å². The van der Waals surface area contributed by atoms with Gasteiger partial charge in [0.05, 0.1) is 0 Å². The van der Waals surface area contributed by atoms with Gasteiger partial charge in [-0.1, -0.05) is 236 Å². The molecule has 1 unspecified atom stereocenters. The van der Waals surface area contributed by atoms with Crippen LogP contribution in [-0.4, -0.2) is 37.2 Å². The van der Waals surface area contributed by atoms with Crippen LogP contribution in [0.15, 0.2) is 170 Å². The molecule has 6 heteroatoms. The van der Waals surface area contributed by atoms with Crippen LogP contribution in [0.1, 0.15) is 226 Å². The molecule has 418 valence electrons. The average molecular weight is 1030 g/mol. The third-order valence-corrected chi connectivity index (χ3v) is 11.7. The minimum Gasteiger partial charge on any atom is -0.462 e. The Hall–Kier alpha value is -5.23. The first-order valence-electron chi connectivity index (χ1n) is 29.6. The second-order valence-corrected chi connectivity index (χ2v) is 18.8. The second-order valence-electron chi connectivity index (χ2n) is 18.8. The Morgan fingerprint density at radius 3 is 0.920 bits per heavy atom. The molecule has 0 N–H and O–H groups in total. The van der Waals surface area contributed by atoms with Gasteiger partial charge in [0.1, 0.15) is 13.2 Å². The van der Waals surface area contributed by atoms with Crippen molar-refractivity contribution in [2.45, 2.75) is 232 Å². The zero-order valence-corrected chi connectivity index (χ0v) is 47.7. The van der Waals surface area contributed by atoms with Crippen molar-refractivity contribution >= 4 is 17.9 Å². The van der Waals surface area contributed by atoms with Crippen molar-refractivity contribution in [2.75, 3.05) is 13.2 Å². The molecule has 0 amide bonds. The zero-order chi connectivity index (χ0) is 54.3. The van der Waals surface area contributed by atoms with Crippen molar-refractivity contribution in [1.29, 1.82) is 0 Å². The predicted octanol–water partition coefficient (Wildman–Crippen LogP) is 20.3. The van der Waals surface area contributed by atoms with E-state index in [1.54, 1.807) is 0 Å². The highest BCUT2D eigenvalue weighted by atomic mass is 16.6. The summed E-state index contributed by atoms with van der Waals surface area (Å²) in [7, 11) is 0. The van der Waals surface area contributed by atoms with Crippen LogP contribution in [-0.2, 0) is 28.6 Å². The molecular weight excluding hydrogens is 925 g/mol. The molecule has 0 aliphatic rings. The fourth-order valence-electron chi connectivity index (χ4n) is 7.32. The van der Waals surface area contributed by atoms with Gasteiger partial charge in [0.2, 0.25) is 0 Å². The van der Waals surface area contributed by atoms with Gasteiger partial charge in [-0.05, 0) is 141 Å². The lowest BCUT2D eigenvalue weighted by molar-refractivity contribution is -0.166. The second kappa shape index (κ2) is 61.3. The minimum atomic E-state index is -0.839. The first-order chi connectivity index (χ1) is 37.0. The molecule has 1 atom stereocenters. The summed E-state index contributed by atoms with van der Waals surface area (Å²) in [4.78, 5) is 38.1. The molecule has 0 spiro atoms. The Bertz CT molecular complexity index is 1750. The van der Waals surface area contributed by atoms with Crippen molar-refractivity contribution in [3.63, 3.8) is 0 Å². The minimum absolute atomic E-state index is 0.134. The Kier molecular flexibility index (Phi) is 57.0. The lowest BCUT2D eigenvalue weighted by atomic mass is 10.1. The zero-order valence-electron chi connectivity index (χ0n) is 47.7. The van der Waals surface area contributed by atoms with Crippen LogP contribution in [0, 0.1) is 0 Å². The predicted molar refractivity (Wildman–Crippen MR) is 325 cm³/mol. The summed E-state index contributed by atoms with van der Waals surface area (Å²) in [5.41, 5.74) is 0. The van der Waals surface area contributed by atoms with Crippen LogP contribution in [0.5, 0.6) is 0 Å². The van der Waals surface area contributed by atoms with Gasteiger partial charge in [-0.25, -0.2) is 0 Å². The topological polar surface area (TPSA) is 78.9 Å². The molecule has 0 aliphatic carbocycles. The van der Waals surface area contributed by atoms with E-state index in [-0.39, 0.29) is 50.4 Å². The number of hydrogen-bond acceptors (Lipinski definition) is 6. The third kappa shape index (κ3) is 59.5. The molecule has 0 saturated carbocycles. The van der Waals surface area contributed by atoms with Crippen LogP contribution in [0.3, 0.4) is 0 Å². The van der Waals surface area contributed by atoms with Gasteiger partial charge in [0.15, 0.2) is 6.10 Å². The smallest absolute Gasteiger partial charge is 0.306 e. The lowest BCUT2D eigenvalue weighted by Crippen LogP contribution is -2.30. The Morgan fingerprint density at radius 1 is 0.280 bits per heavy atom. The van der Waals surface area contributed by atoms with Gasteiger partial charge in [0, 0.05) is 19.3 Å². The monoisotopic (exact) mass is 1030 g/mol. The van der Waals surface area contributed by atoms with Crippen LogP contribution in [0.4, 0.5) is 0 Å². The largest absolute Gasteiger partial charge is 0.462 e. The number of esters is 3. The van der Waals surface area contributed by atoms with Crippen LogP contribution < -0.4 is 0 Å². The fraction of sp³-hybridized carbons (Fsp3) is 0.551. The maximum Gasteiger partial charge on any atom is 0.306 e. The summed E-state index contributed by atoms with van der Waals surface area (Å²) >= 11 is 0. The van der Waals surface area contributed by atoms with E-state index in [2.05, 4.69) is 179 Å². The number of carbonyl (C=O) groups is 3. The summed E-state index contributed by atoms with van der Waals surface area (Å²) in [5, 5.41) is 0. The fourth-order valence-corrected chi connectivity index (χ4v) is 7.32. The standard InChI is InChI=1S/C69H106O6/c1-4-7-10-13-16-19-22-25-27-29-30-31-32-33-34-35-36-37-38-40-41-44-47-50-53-56-59-62-68(71)74-65-66(64-73-67(70)61-58-55-52-49-46-43-24-21-18-15-12-9-6-3)75-69(72)63-60-57-54-51-48-45-42-39-28-26-23-20-17-14-11-8-5-2/h7,9-10,12,16-21,25-28,30-31,33-34,36-37,40-41,43,46-47,50,52,55,66H,4-6,8,11,13-15,22-24,29,32,35,38-39,42,44-45,48-49,51,53-54,56-65H2,1-3H3/b10-7-,12-9-,19-16-,20-17-,21-18-,27-25-,28-26-,31-30-,34-33-,37-36-,41-40-,46-43-,50-47-,55-52-. The van der Waals surface area contributed by atoms with Gasteiger partial charge in [-0.3, -0.25) is 14.4 Å². The van der Waals surface area contributed by atoms with E-state index in [0.717, 1.165) is 128 Å². The molecule has 0 bridgehead atoms. The number of unbranched alkanes of at least 4 members (excludes halogenated alkanes) is 12. The lowest BCUT2D eigenvalue weighted by Gasteiger charge is -2.18. The quantitative estimate of drug-likeness (QED) is 0.0261. The van der Waals surface area contributed by atoms with Gasteiger partial charge in [0.25, 0.3) is 0 Å². The number of ether oxygens (including phenoxy) is 3. The summed E-state index contributed by atoms with van der Waals surface area (Å²) in [6, 6.07) is 0. The molecule has 0 aromatic carbocycles. The molecule has 75 heavy (non-hydrogen) atoms. The summed E-state index contributed by atoms with van der Waals surface area (Å²) in [5.74, 6) is -1.08. The third-order valence-electron chi connectivity index (χ3n) is 11.7. The van der Waals surface area contributed by atoms with E-state index in [1.165, 1.54) is 44.9 Å². The van der Waals surface area contributed by atoms with E-state index in [0.29, 0.717) is 12.8 Å². The van der Waals surface area contributed by atoms with Crippen LogP contribution >= 0.6 is 0 Å². The molecule has 0 radical (unpaired) electrons. The Morgan fingerprint density at radius 2 is 0.547 bits per heavy atom. The van der Waals surface area contributed by atoms with Crippen LogP contribution in [0.2, 0.25) is 0 Å². The molecule has 0 saturated heterocycles. The highest BCUT2D eigenvalue weighted by Crippen LogP contribution is 2.13. The summed E-state index contributed by atoms with van der Waals surface area (Å²) < 4.78 is 16.7. The summed E-state index contributed by atoms with van der Waals surface area (Å²) in [6.07, 6.45) is 90.8. The van der Waals surface area contributed by atoms with E-state index >= 15 is 0 Å². The van der Waals surface area contributed by atoms with E-state index < -0.39 is 6.10 Å². The molecule has 0 aromatic heterocycles. The van der Waals surface area contributed by atoms with Crippen molar-refractivity contribution < 1.29 is 28.6 Å². The molecule has 0 aromatic rings. The van der Waals surface area contributed by atoms with Crippen molar-refractivity contribution in [3.8, 4) is 0 Å². The molecular formula is C69H106O6. The van der Waals surface area contributed by atoms with Crippen molar-refractivity contribution in [3.05, 3.63) is 170 Å². The first kappa shape index (κ1) is 69.8. The highest BCUT2D eigenvalue weighted by Gasteiger charge is 2.19. The molecule has 0 fully saturated rings. The normalized spacial score (nSPS) is 13.4. The van der Waals surface area contributed by atoms with Crippen molar-refractivity contribution in [2.24, 2.45) is 0 Å². The van der Waals surface area contributed by atoms with E-state index in [1.807, 2.05) is 12.2 Å². The van der Waals surface area contributed by atoms with Gasteiger partial charge >= 0.3 is 17.9 Å². The molecule has 0 rings (SSSR count). The number of allylic oxidation sites excluding steroid dienone is 28. The number of hydrogen-bond donors (Lipinski definition) is 0. The summed E-state index contributed by atoms with van der Waals surface area (Å²) in [6.45, 7) is 6.26. The molecule has 0 aliphatic heterocycles. The SMILES string of the molecule is CC/C=C\C/C=C\C/C=C\C/C=C\C/C=C\C/C=C\C/C=C\C/C=C\CCCCC(=O)OCC(COC(=O)CC/C=C\C/C=C\C/C=C\C/C=C\CC)OC(=O)CCCCCCCCC/C=C\C/C=C\CCCCC. The van der Waals surface area contributed by atoms with Gasteiger partial charge < -0.3 is 14.2 Å². The van der Waals surface area contributed by atoms with Gasteiger partial charge in [-0.2, -0.15) is 0 Å². The highest BCUT2D eigenvalue weighted by molar-refractivity contribution is 5.71. The van der Waals surface area contributed by atoms with Crippen molar-refractivity contribution in [1.82, 2.24) is 0 Å². The van der Waals surface area contributed by atoms with E-state index in [4.69, 9.17) is 14.2 Å². The number of rotatable bonds is 51. The maximum atomic E-state index is 12.9. The Balaban J connectivity index is 4.52. The maximum absolute atomic E-state index is 12.9. The number of carbonyl (C=O) groups excluding carboxylic acids is 3. The van der Waals surface area contributed by atoms with Gasteiger partial charge in [-0.15, -0.1) is 0 Å². The first-order valence-corrected chi connectivity index (χ1v) is 29.6. The average Bonchev–Trinajstić information content (AvgIpc) is 3.41. The van der Waals surface area contributed by atoms with E-state index in [9.17, 15) is 14.4 Å². The molecule has 0 heterocycles.